The number of rotatable bonds is 4. The molecule has 1 fully saturated rings. The second-order valence-corrected chi connectivity index (χ2v) is 7.37. The Morgan fingerprint density at radius 1 is 1.07 bits per heavy atom. The van der Waals surface area contributed by atoms with Crippen LogP contribution in [0.1, 0.15) is 18.4 Å². The van der Waals surface area contributed by atoms with Crippen LogP contribution in [0.25, 0.3) is 11.3 Å². The summed E-state index contributed by atoms with van der Waals surface area (Å²) < 4.78 is 13.0. The van der Waals surface area contributed by atoms with Crippen molar-refractivity contribution in [3.05, 3.63) is 72.0 Å². The first-order valence-electron chi connectivity index (χ1n) is 9.81. The molecule has 2 aromatic carbocycles. The molecule has 6 heteroatoms. The predicted octanol–water partition coefficient (Wildman–Crippen LogP) is 4.45. The monoisotopic (exact) mass is 390 g/mol. The van der Waals surface area contributed by atoms with Gasteiger partial charge in [-0.05, 0) is 61.7 Å². The molecule has 1 saturated heterocycles. The Bertz CT molecular complexity index is 989. The molecule has 0 saturated carbocycles. The third-order valence-electron chi connectivity index (χ3n) is 5.30. The van der Waals surface area contributed by atoms with E-state index in [0.717, 1.165) is 42.0 Å². The van der Waals surface area contributed by atoms with Crippen molar-refractivity contribution < 1.29 is 9.18 Å². The summed E-state index contributed by atoms with van der Waals surface area (Å²) in [5.41, 5.74) is 3.68. The lowest BCUT2D eigenvalue weighted by Gasteiger charge is -2.32. The Labute approximate surface area is 169 Å². The standard InChI is InChI=1S/C23H23FN4O/c1-16-5-2-3-7-20(16)21-12-13-22(27-26-21)28-14-4-6-17(15-28)23(29)25-19-10-8-18(24)9-11-19/h2-3,5,7-13,17H,4,6,14-15H2,1H3,(H,25,29). The van der Waals surface area contributed by atoms with Crippen molar-refractivity contribution in [1.29, 1.82) is 0 Å². The van der Waals surface area contributed by atoms with Crippen LogP contribution in [0.4, 0.5) is 15.9 Å². The first-order chi connectivity index (χ1) is 14.1. The Morgan fingerprint density at radius 3 is 2.59 bits per heavy atom. The van der Waals surface area contributed by atoms with Gasteiger partial charge >= 0.3 is 0 Å². The van der Waals surface area contributed by atoms with Crippen LogP contribution in [0.5, 0.6) is 0 Å². The van der Waals surface area contributed by atoms with Gasteiger partial charge in [-0.2, -0.15) is 0 Å². The largest absolute Gasteiger partial charge is 0.354 e. The number of nitrogens with zero attached hydrogens (tertiary/aromatic N) is 3. The highest BCUT2D eigenvalue weighted by Crippen LogP contribution is 2.25. The number of hydrogen-bond donors (Lipinski definition) is 1. The Balaban J connectivity index is 1.43. The van der Waals surface area contributed by atoms with E-state index in [-0.39, 0.29) is 17.6 Å². The Kier molecular flexibility index (Phi) is 5.51. The van der Waals surface area contributed by atoms with Crippen LogP contribution in [-0.4, -0.2) is 29.2 Å². The van der Waals surface area contributed by atoms with Gasteiger partial charge in [0, 0.05) is 24.3 Å². The average molecular weight is 390 g/mol. The number of carbonyl (C=O) groups excluding carboxylic acids is 1. The molecule has 1 unspecified atom stereocenters. The number of amides is 1. The van der Waals surface area contributed by atoms with Gasteiger partial charge in [-0.15, -0.1) is 10.2 Å². The number of aromatic nitrogens is 2. The number of carbonyl (C=O) groups is 1. The molecule has 1 aliphatic rings. The smallest absolute Gasteiger partial charge is 0.229 e. The highest BCUT2D eigenvalue weighted by atomic mass is 19.1. The summed E-state index contributed by atoms with van der Waals surface area (Å²) in [6.45, 7) is 3.49. The minimum absolute atomic E-state index is 0.0502. The molecule has 2 heterocycles. The molecular formula is C23H23FN4O. The second kappa shape index (κ2) is 8.39. The van der Waals surface area contributed by atoms with Crippen LogP contribution in [0.2, 0.25) is 0 Å². The quantitative estimate of drug-likeness (QED) is 0.715. The SMILES string of the molecule is Cc1ccccc1-c1ccc(N2CCCC(C(=O)Nc3ccc(F)cc3)C2)nn1. The lowest BCUT2D eigenvalue weighted by molar-refractivity contribution is -0.120. The highest BCUT2D eigenvalue weighted by molar-refractivity contribution is 5.93. The van der Waals surface area contributed by atoms with Crippen molar-refractivity contribution in [2.24, 2.45) is 5.92 Å². The Morgan fingerprint density at radius 2 is 1.86 bits per heavy atom. The molecule has 29 heavy (non-hydrogen) atoms. The van der Waals surface area contributed by atoms with Crippen LogP contribution in [-0.2, 0) is 4.79 Å². The summed E-state index contributed by atoms with van der Waals surface area (Å²) >= 11 is 0. The van der Waals surface area contributed by atoms with Crippen LogP contribution in [0, 0.1) is 18.7 Å². The van der Waals surface area contributed by atoms with Crippen LogP contribution in [0.15, 0.2) is 60.7 Å². The van der Waals surface area contributed by atoms with Gasteiger partial charge in [-0.1, -0.05) is 24.3 Å². The van der Waals surface area contributed by atoms with Gasteiger partial charge in [0.1, 0.15) is 5.82 Å². The molecule has 3 aromatic rings. The van der Waals surface area contributed by atoms with E-state index in [2.05, 4.69) is 33.4 Å². The van der Waals surface area contributed by atoms with Crippen LogP contribution in [0.3, 0.4) is 0 Å². The maximum atomic E-state index is 13.0. The molecule has 1 atom stereocenters. The van der Waals surface area contributed by atoms with Gasteiger partial charge in [-0.25, -0.2) is 4.39 Å². The molecule has 0 radical (unpaired) electrons. The summed E-state index contributed by atoms with van der Waals surface area (Å²) in [5, 5.41) is 11.7. The molecule has 1 aliphatic heterocycles. The van der Waals surface area contributed by atoms with Gasteiger partial charge in [0.2, 0.25) is 5.91 Å². The number of benzene rings is 2. The average Bonchev–Trinajstić information content (AvgIpc) is 2.76. The van der Waals surface area contributed by atoms with Gasteiger partial charge < -0.3 is 10.2 Å². The molecule has 0 bridgehead atoms. The fraction of sp³-hybridized carbons (Fsp3) is 0.261. The number of anilines is 2. The van der Waals surface area contributed by atoms with Crippen molar-refractivity contribution in [1.82, 2.24) is 10.2 Å². The van der Waals surface area contributed by atoms with Crippen molar-refractivity contribution in [2.75, 3.05) is 23.3 Å². The number of halogens is 1. The number of hydrogen-bond acceptors (Lipinski definition) is 4. The molecule has 0 aliphatic carbocycles. The Hall–Kier alpha value is -3.28. The molecular weight excluding hydrogens is 367 g/mol. The zero-order valence-corrected chi connectivity index (χ0v) is 16.3. The first kappa shape index (κ1) is 19.1. The van der Waals surface area contributed by atoms with Gasteiger partial charge in [0.25, 0.3) is 0 Å². The molecule has 148 valence electrons. The van der Waals surface area contributed by atoms with Crippen LogP contribution >= 0.6 is 0 Å². The minimum atomic E-state index is -0.320. The maximum Gasteiger partial charge on any atom is 0.229 e. The van der Waals surface area contributed by atoms with E-state index < -0.39 is 0 Å². The van der Waals surface area contributed by atoms with E-state index in [4.69, 9.17) is 0 Å². The van der Waals surface area contributed by atoms with E-state index in [0.29, 0.717) is 12.2 Å². The third kappa shape index (κ3) is 4.42. The number of aryl methyl sites for hydroxylation is 1. The first-order valence-corrected chi connectivity index (χ1v) is 9.81. The molecule has 4 rings (SSSR count). The fourth-order valence-corrected chi connectivity index (χ4v) is 3.67. The summed E-state index contributed by atoms with van der Waals surface area (Å²) in [5.74, 6) is 0.263. The van der Waals surface area contributed by atoms with E-state index in [1.54, 1.807) is 12.1 Å². The number of nitrogens with one attached hydrogen (secondary N) is 1. The summed E-state index contributed by atoms with van der Waals surface area (Å²) in [7, 11) is 0. The molecule has 1 aromatic heterocycles. The lowest BCUT2D eigenvalue weighted by atomic mass is 9.97. The zero-order chi connectivity index (χ0) is 20.2. The molecule has 1 amide bonds. The van der Waals surface area contributed by atoms with Gasteiger partial charge in [-0.3, -0.25) is 4.79 Å². The predicted molar refractivity (Wildman–Crippen MR) is 112 cm³/mol. The molecule has 1 N–H and O–H groups in total. The van der Waals surface area contributed by atoms with Crippen molar-refractivity contribution in [2.45, 2.75) is 19.8 Å². The summed E-state index contributed by atoms with van der Waals surface area (Å²) in [6, 6.07) is 17.9. The van der Waals surface area contributed by atoms with E-state index in [1.165, 1.54) is 12.1 Å². The summed E-state index contributed by atoms with van der Waals surface area (Å²) in [4.78, 5) is 14.7. The minimum Gasteiger partial charge on any atom is -0.354 e. The van der Waals surface area contributed by atoms with Crippen molar-refractivity contribution in [3.63, 3.8) is 0 Å². The van der Waals surface area contributed by atoms with Gasteiger partial charge in [0.05, 0.1) is 11.6 Å². The van der Waals surface area contributed by atoms with Crippen molar-refractivity contribution in [3.8, 4) is 11.3 Å². The van der Waals surface area contributed by atoms with Crippen LogP contribution < -0.4 is 10.2 Å². The normalized spacial score (nSPS) is 16.5. The zero-order valence-electron chi connectivity index (χ0n) is 16.3. The van der Waals surface area contributed by atoms with E-state index >= 15 is 0 Å². The van der Waals surface area contributed by atoms with Crippen molar-refractivity contribution >= 4 is 17.4 Å². The molecule has 0 spiro atoms. The maximum absolute atomic E-state index is 13.0. The highest BCUT2D eigenvalue weighted by Gasteiger charge is 2.27. The lowest BCUT2D eigenvalue weighted by Crippen LogP contribution is -2.41. The topological polar surface area (TPSA) is 58.1 Å². The fourth-order valence-electron chi connectivity index (χ4n) is 3.67. The summed E-state index contributed by atoms with van der Waals surface area (Å²) in [6.07, 6.45) is 1.72. The van der Waals surface area contributed by atoms with E-state index in [9.17, 15) is 9.18 Å². The van der Waals surface area contributed by atoms with E-state index in [1.807, 2.05) is 30.3 Å². The number of piperidine rings is 1. The third-order valence-corrected chi connectivity index (χ3v) is 5.30. The second-order valence-electron chi connectivity index (χ2n) is 7.37. The molecule has 5 nitrogen and oxygen atoms in total. The van der Waals surface area contributed by atoms with Gasteiger partial charge in [0.15, 0.2) is 5.82 Å².